The SMILES string of the molecule is C[Si](C)(C)OCC(N=Cc1cccnc1)c1ccccc1. The summed E-state index contributed by atoms with van der Waals surface area (Å²) in [7, 11) is -1.55. The van der Waals surface area contributed by atoms with Crippen LogP contribution in [0.1, 0.15) is 17.2 Å². The second kappa shape index (κ2) is 7.29. The lowest BCUT2D eigenvalue weighted by atomic mass is 10.1. The van der Waals surface area contributed by atoms with E-state index >= 15 is 0 Å². The van der Waals surface area contributed by atoms with E-state index in [0.29, 0.717) is 6.61 Å². The lowest BCUT2D eigenvalue weighted by Crippen LogP contribution is -2.27. The highest BCUT2D eigenvalue weighted by molar-refractivity contribution is 6.69. The van der Waals surface area contributed by atoms with Crippen molar-refractivity contribution in [1.29, 1.82) is 0 Å². The van der Waals surface area contributed by atoms with E-state index in [1.54, 1.807) is 6.20 Å². The molecule has 0 aliphatic rings. The van der Waals surface area contributed by atoms with Gasteiger partial charge in [0.1, 0.15) is 0 Å². The van der Waals surface area contributed by atoms with E-state index < -0.39 is 8.32 Å². The number of aromatic nitrogens is 1. The van der Waals surface area contributed by atoms with Gasteiger partial charge < -0.3 is 4.43 Å². The molecule has 1 heterocycles. The normalized spacial score (nSPS) is 13.5. The van der Waals surface area contributed by atoms with E-state index in [1.807, 2.05) is 42.7 Å². The Bertz CT molecular complexity index is 564. The molecule has 0 aliphatic heterocycles. The first-order valence-corrected chi connectivity index (χ1v) is 10.6. The molecule has 3 nitrogen and oxygen atoms in total. The summed E-state index contributed by atoms with van der Waals surface area (Å²) in [6.07, 6.45) is 5.45. The van der Waals surface area contributed by atoms with Crippen LogP contribution in [0.25, 0.3) is 0 Å². The minimum absolute atomic E-state index is 0.0260. The van der Waals surface area contributed by atoms with Gasteiger partial charge in [0.15, 0.2) is 8.32 Å². The summed E-state index contributed by atoms with van der Waals surface area (Å²) in [6.45, 7) is 7.20. The summed E-state index contributed by atoms with van der Waals surface area (Å²) in [4.78, 5) is 8.80. The number of rotatable bonds is 6. The average molecular weight is 298 g/mol. The molecule has 1 aromatic carbocycles. The molecule has 0 saturated heterocycles. The van der Waals surface area contributed by atoms with Gasteiger partial charge in [-0.05, 0) is 31.3 Å². The lowest BCUT2D eigenvalue weighted by molar-refractivity contribution is 0.285. The van der Waals surface area contributed by atoms with Gasteiger partial charge >= 0.3 is 0 Å². The number of hydrogen-bond donors (Lipinski definition) is 0. The molecule has 0 fully saturated rings. The topological polar surface area (TPSA) is 34.5 Å². The minimum Gasteiger partial charge on any atom is -0.415 e. The maximum atomic E-state index is 6.04. The fourth-order valence-electron chi connectivity index (χ4n) is 1.86. The Kier molecular flexibility index (Phi) is 5.42. The van der Waals surface area contributed by atoms with Crippen LogP contribution in [-0.2, 0) is 4.43 Å². The monoisotopic (exact) mass is 298 g/mol. The molecular formula is C17H22N2OSi. The molecule has 21 heavy (non-hydrogen) atoms. The Morgan fingerprint density at radius 2 is 1.90 bits per heavy atom. The van der Waals surface area contributed by atoms with Gasteiger partial charge in [-0.25, -0.2) is 0 Å². The largest absolute Gasteiger partial charge is 0.415 e. The number of nitrogens with zero attached hydrogens (tertiary/aromatic N) is 2. The van der Waals surface area contributed by atoms with Crippen molar-refractivity contribution in [2.75, 3.05) is 6.61 Å². The predicted molar refractivity (Wildman–Crippen MR) is 90.3 cm³/mol. The molecule has 1 unspecified atom stereocenters. The molecule has 4 heteroatoms. The van der Waals surface area contributed by atoms with Crippen molar-refractivity contribution in [3.8, 4) is 0 Å². The van der Waals surface area contributed by atoms with Gasteiger partial charge in [-0.1, -0.05) is 36.4 Å². The van der Waals surface area contributed by atoms with Crippen LogP contribution < -0.4 is 0 Å². The molecule has 2 aromatic rings. The maximum absolute atomic E-state index is 6.04. The molecule has 0 bridgehead atoms. The van der Waals surface area contributed by atoms with Gasteiger partial charge in [0.05, 0.1) is 12.6 Å². The molecular weight excluding hydrogens is 276 g/mol. The van der Waals surface area contributed by atoms with Crippen molar-refractivity contribution < 1.29 is 4.43 Å². The summed E-state index contributed by atoms with van der Waals surface area (Å²) in [5, 5.41) is 0. The summed E-state index contributed by atoms with van der Waals surface area (Å²) in [5.74, 6) is 0. The number of aliphatic imine (C=N–C) groups is 1. The molecule has 1 aromatic heterocycles. The van der Waals surface area contributed by atoms with E-state index in [-0.39, 0.29) is 6.04 Å². The Balaban J connectivity index is 2.14. The number of pyridine rings is 1. The van der Waals surface area contributed by atoms with E-state index in [4.69, 9.17) is 9.42 Å². The third kappa shape index (κ3) is 5.61. The van der Waals surface area contributed by atoms with Crippen molar-refractivity contribution in [3.63, 3.8) is 0 Å². The Hall–Kier alpha value is -1.78. The van der Waals surface area contributed by atoms with Crippen LogP contribution in [0.15, 0.2) is 59.9 Å². The van der Waals surface area contributed by atoms with Gasteiger partial charge in [0.25, 0.3) is 0 Å². The lowest BCUT2D eigenvalue weighted by Gasteiger charge is -2.21. The summed E-state index contributed by atoms with van der Waals surface area (Å²) < 4.78 is 6.04. The zero-order valence-electron chi connectivity index (χ0n) is 12.9. The van der Waals surface area contributed by atoms with E-state index in [1.165, 1.54) is 5.56 Å². The van der Waals surface area contributed by atoms with Crippen LogP contribution in [0.2, 0.25) is 19.6 Å². The second-order valence-electron chi connectivity index (χ2n) is 5.91. The van der Waals surface area contributed by atoms with Crippen LogP contribution in [0, 0.1) is 0 Å². The first kappa shape index (κ1) is 15.6. The van der Waals surface area contributed by atoms with Crippen molar-refractivity contribution in [1.82, 2.24) is 4.98 Å². The second-order valence-corrected chi connectivity index (χ2v) is 10.4. The molecule has 1 atom stereocenters. The summed E-state index contributed by atoms with van der Waals surface area (Å²) in [6, 6.07) is 14.2. The van der Waals surface area contributed by atoms with Crippen LogP contribution in [0.4, 0.5) is 0 Å². The first-order valence-electron chi connectivity index (χ1n) is 7.17. The van der Waals surface area contributed by atoms with Gasteiger partial charge in [-0.3, -0.25) is 9.98 Å². The zero-order valence-corrected chi connectivity index (χ0v) is 13.9. The van der Waals surface area contributed by atoms with Crippen molar-refractivity contribution in [2.45, 2.75) is 25.7 Å². The fourth-order valence-corrected chi connectivity index (χ4v) is 2.52. The van der Waals surface area contributed by atoms with Crippen molar-refractivity contribution in [3.05, 3.63) is 66.0 Å². The fraction of sp³-hybridized carbons (Fsp3) is 0.294. The van der Waals surface area contributed by atoms with Crippen LogP contribution >= 0.6 is 0 Å². The molecule has 0 amide bonds. The molecule has 0 spiro atoms. The minimum atomic E-state index is -1.55. The smallest absolute Gasteiger partial charge is 0.183 e. The van der Waals surface area contributed by atoms with Gasteiger partial charge in [-0.2, -0.15) is 0 Å². The van der Waals surface area contributed by atoms with E-state index in [0.717, 1.165) is 5.56 Å². The highest BCUT2D eigenvalue weighted by Gasteiger charge is 2.18. The van der Waals surface area contributed by atoms with Crippen LogP contribution in [-0.4, -0.2) is 26.1 Å². The van der Waals surface area contributed by atoms with Gasteiger partial charge in [0, 0.05) is 24.2 Å². The molecule has 0 radical (unpaired) electrons. The van der Waals surface area contributed by atoms with Crippen molar-refractivity contribution in [2.24, 2.45) is 4.99 Å². The highest BCUT2D eigenvalue weighted by Crippen LogP contribution is 2.19. The Morgan fingerprint density at radius 1 is 1.14 bits per heavy atom. The zero-order chi connectivity index (χ0) is 15.1. The third-order valence-electron chi connectivity index (χ3n) is 2.95. The highest BCUT2D eigenvalue weighted by atomic mass is 28.4. The van der Waals surface area contributed by atoms with E-state index in [9.17, 15) is 0 Å². The average Bonchev–Trinajstić information content (AvgIpc) is 2.48. The van der Waals surface area contributed by atoms with Crippen LogP contribution in [0.5, 0.6) is 0 Å². The Morgan fingerprint density at radius 3 is 2.52 bits per heavy atom. The summed E-state index contributed by atoms with van der Waals surface area (Å²) >= 11 is 0. The molecule has 0 saturated carbocycles. The van der Waals surface area contributed by atoms with Crippen molar-refractivity contribution >= 4 is 14.5 Å². The van der Waals surface area contributed by atoms with Gasteiger partial charge in [0.2, 0.25) is 0 Å². The molecule has 110 valence electrons. The standard InChI is InChI=1S/C17H22N2OSi/c1-21(2,3)20-14-17(16-9-5-4-6-10-16)19-13-15-8-7-11-18-12-15/h4-13,17H,14H2,1-3H3. The quantitative estimate of drug-likeness (QED) is 0.594. The maximum Gasteiger partial charge on any atom is 0.183 e. The van der Waals surface area contributed by atoms with E-state index in [2.05, 4.69) is 36.8 Å². The number of benzene rings is 1. The molecule has 2 rings (SSSR count). The molecule has 0 N–H and O–H groups in total. The summed E-state index contributed by atoms with van der Waals surface area (Å²) in [5.41, 5.74) is 2.18. The third-order valence-corrected chi connectivity index (χ3v) is 3.98. The van der Waals surface area contributed by atoms with Crippen LogP contribution in [0.3, 0.4) is 0 Å². The predicted octanol–water partition coefficient (Wildman–Crippen LogP) is 4.09. The Labute approximate surface area is 127 Å². The number of hydrogen-bond acceptors (Lipinski definition) is 3. The first-order chi connectivity index (χ1) is 10.0. The molecule has 0 aliphatic carbocycles. The van der Waals surface area contributed by atoms with Gasteiger partial charge in [-0.15, -0.1) is 0 Å².